The van der Waals surface area contributed by atoms with Gasteiger partial charge in [0.2, 0.25) is 5.55 Å². The van der Waals surface area contributed by atoms with Gasteiger partial charge in [0.05, 0.1) is 11.5 Å². The highest BCUT2D eigenvalue weighted by Crippen LogP contribution is 2.28. The summed E-state index contributed by atoms with van der Waals surface area (Å²) in [7, 11) is -3.93. The summed E-state index contributed by atoms with van der Waals surface area (Å²) in [6.45, 7) is 0.305. The van der Waals surface area contributed by atoms with E-state index in [1.165, 1.54) is 22.0 Å². The molecule has 0 saturated carbocycles. The lowest BCUT2D eigenvalue weighted by atomic mass is 10.2. The molecule has 3 N–H and O–H groups in total. The smallest absolute Gasteiger partial charge is 0.281 e. The molecular weight excluding hydrogens is 436 g/mol. The van der Waals surface area contributed by atoms with Crippen LogP contribution in [0.25, 0.3) is 10.8 Å². The van der Waals surface area contributed by atoms with Gasteiger partial charge in [-0.2, -0.15) is 8.42 Å². The number of halogens is 1. The van der Waals surface area contributed by atoms with Gasteiger partial charge >= 0.3 is 0 Å². The maximum Gasteiger partial charge on any atom is 0.281 e. The molecule has 0 bridgehead atoms. The Balaban J connectivity index is 1.44. The molecule has 148 valence electrons. The highest BCUT2D eigenvalue weighted by molar-refractivity contribution is 7.92. The van der Waals surface area contributed by atoms with Crippen molar-refractivity contribution < 1.29 is 12.8 Å². The lowest BCUT2D eigenvalue weighted by molar-refractivity contribution is 0.500. The Labute approximate surface area is 173 Å². The summed E-state index contributed by atoms with van der Waals surface area (Å²) in [5.41, 5.74) is 7.87. The zero-order valence-corrected chi connectivity index (χ0v) is 17.0. The Morgan fingerprint density at radius 3 is 2.83 bits per heavy atom. The molecule has 1 aliphatic heterocycles. The van der Waals surface area contributed by atoms with Crippen LogP contribution < -0.4 is 26.1 Å². The first-order valence-electron chi connectivity index (χ1n) is 8.33. The second kappa shape index (κ2) is 6.51. The number of anilines is 2. The number of benzene rings is 1. The number of fused-ring (bicyclic) bond motifs is 2. The molecule has 0 radical (unpaired) electrons. The first kappa shape index (κ1) is 18.0. The molecule has 4 aromatic rings. The first-order valence-corrected chi connectivity index (χ1v) is 11.1. The topological polar surface area (TPSA) is 118 Å². The van der Waals surface area contributed by atoms with Crippen molar-refractivity contribution in [3.8, 4) is 0 Å². The van der Waals surface area contributed by atoms with Crippen LogP contribution in [-0.2, 0) is 10.0 Å². The predicted molar refractivity (Wildman–Crippen MR) is 110 cm³/mol. The largest absolute Gasteiger partial charge is 0.446 e. The van der Waals surface area contributed by atoms with E-state index in [0.717, 1.165) is 10.9 Å². The van der Waals surface area contributed by atoms with Crippen LogP contribution in [0.3, 0.4) is 0 Å². The van der Waals surface area contributed by atoms with Gasteiger partial charge < -0.3 is 15.1 Å². The number of nitrogens with one attached hydrogen (secondary N) is 1. The SMILES string of the molecule is NC1=c2ccoc2=NCN1c1ccc(NS(=O)(=O)c2c(Cl)nc3sccn23)cc1. The van der Waals surface area contributed by atoms with E-state index in [9.17, 15) is 8.42 Å². The molecule has 1 aliphatic rings. The van der Waals surface area contributed by atoms with E-state index in [-0.39, 0.29) is 10.2 Å². The number of rotatable bonds is 4. The van der Waals surface area contributed by atoms with E-state index in [0.29, 0.717) is 28.7 Å². The molecule has 1 aromatic carbocycles. The number of hydrogen-bond donors (Lipinski definition) is 2. The van der Waals surface area contributed by atoms with Crippen molar-refractivity contribution in [3.05, 3.63) is 64.1 Å². The fourth-order valence-corrected chi connectivity index (χ4v) is 5.60. The molecule has 4 heterocycles. The van der Waals surface area contributed by atoms with Crippen molar-refractivity contribution in [2.75, 3.05) is 16.3 Å². The standard InChI is InChI=1S/C17H13ClN6O3S2/c18-13-16(23-6-8-28-17(23)21-13)29(25,26)22-10-1-3-11(4-2-10)24-9-20-15-12(14(24)19)5-7-27-15/h1-8,22H,9,19H2. The average Bonchev–Trinajstić information content (AvgIpc) is 3.38. The van der Waals surface area contributed by atoms with E-state index in [1.807, 2.05) is 0 Å². The molecule has 0 atom stereocenters. The molecule has 12 heteroatoms. The third-order valence-electron chi connectivity index (χ3n) is 4.43. The number of imidazole rings is 1. The molecule has 0 aliphatic carbocycles. The van der Waals surface area contributed by atoms with E-state index < -0.39 is 10.0 Å². The van der Waals surface area contributed by atoms with Crippen molar-refractivity contribution in [2.24, 2.45) is 10.7 Å². The number of hydrogen-bond acceptors (Lipinski definition) is 8. The molecule has 29 heavy (non-hydrogen) atoms. The molecule has 3 aromatic heterocycles. The van der Waals surface area contributed by atoms with Crippen LogP contribution in [0.5, 0.6) is 0 Å². The molecule has 0 fully saturated rings. The summed E-state index contributed by atoms with van der Waals surface area (Å²) < 4.78 is 34.9. The number of thiazole rings is 1. The van der Waals surface area contributed by atoms with Gasteiger partial charge in [-0.25, -0.2) is 9.98 Å². The Morgan fingerprint density at radius 2 is 2.03 bits per heavy atom. The van der Waals surface area contributed by atoms with Gasteiger partial charge in [-0.05, 0) is 30.3 Å². The summed E-state index contributed by atoms with van der Waals surface area (Å²) >= 11 is 7.35. The maximum absolute atomic E-state index is 12.8. The molecule has 0 unspecified atom stereocenters. The lowest BCUT2D eigenvalue weighted by Gasteiger charge is -2.24. The monoisotopic (exact) mass is 448 g/mol. The van der Waals surface area contributed by atoms with E-state index in [4.69, 9.17) is 21.8 Å². The molecular formula is C17H13ClN6O3S2. The van der Waals surface area contributed by atoms with Gasteiger partial charge in [0.15, 0.2) is 15.1 Å². The Bertz CT molecular complexity index is 1450. The Morgan fingerprint density at radius 1 is 1.24 bits per heavy atom. The number of furan rings is 1. The van der Waals surface area contributed by atoms with Crippen LogP contribution in [0, 0.1) is 0 Å². The summed E-state index contributed by atoms with van der Waals surface area (Å²) in [6, 6.07) is 8.55. The van der Waals surface area contributed by atoms with Gasteiger partial charge in [-0.1, -0.05) is 11.6 Å². The number of sulfonamides is 1. The quantitative estimate of drug-likeness (QED) is 0.489. The van der Waals surface area contributed by atoms with Crippen molar-refractivity contribution in [2.45, 2.75) is 5.03 Å². The van der Waals surface area contributed by atoms with E-state index >= 15 is 0 Å². The molecule has 9 nitrogen and oxygen atoms in total. The fourth-order valence-electron chi connectivity index (χ4n) is 3.09. The van der Waals surface area contributed by atoms with Crippen molar-refractivity contribution in [1.29, 1.82) is 0 Å². The van der Waals surface area contributed by atoms with Gasteiger partial charge in [-0.15, -0.1) is 11.3 Å². The van der Waals surface area contributed by atoms with Gasteiger partial charge in [0.25, 0.3) is 10.0 Å². The summed E-state index contributed by atoms with van der Waals surface area (Å²) in [5, 5.41) is 2.28. The highest BCUT2D eigenvalue weighted by atomic mass is 35.5. The minimum atomic E-state index is -3.93. The second-order valence-electron chi connectivity index (χ2n) is 6.17. The van der Waals surface area contributed by atoms with Crippen molar-refractivity contribution >= 4 is 55.1 Å². The third kappa shape index (κ3) is 2.94. The summed E-state index contributed by atoms with van der Waals surface area (Å²) in [5.74, 6) is 0.517. The van der Waals surface area contributed by atoms with E-state index in [1.54, 1.807) is 46.8 Å². The summed E-state index contributed by atoms with van der Waals surface area (Å²) in [4.78, 5) is 10.7. The zero-order chi connectivity index (χ0) is 20.2. The fraction of sp³-hybridized carbons (Fsp3) is 0.0588. The zero-order valence-electron chi connectivity index (χ0n) is 14.6. The number of aromatic nitrogens is 2. The van der Waals surface area contributed by atoms with Gasteiger partial charge in [-0.3, -0.25) is 9.12 Å². The van der Waals surface area contributed by atoms with Gasteiger partial charge in [0.1, 0.15) is 12.5 Å². The third-order valence-corrected chi connectivity index (χ3v) is 6.97. The minimum Gasteiger partial charge on any atom is -0.446 e. The van der Waals surface area contributed by atoms with Crippen molar-refractivity contribution in [1.82, 2.24) is 9.38 Å². The van der Waals surface area contributed by atoms with Crippen LogP contribution in [0.15, 0.2) is 62.6 Å². The lowest BCUT2D eigenvalue weighted by Crippen LogP contribution is -2.42. The molecule has 0 saturated heterocycles. The average molecular weight is 449 g/mol. The molecule has 5 rings (SSSR count). The van der Waals surface area contributed by atoms with Crippen LogP contribution >= 0.6 is 22.9 Å². The Kier molecular flexibility index (Phi) is 4.05. The van der Waals surface area contributed by atoms with Gasteiger partial charge in [0, 0.05) is 23.0 Å². The van der Waals surface area contributed by atoms with Crippen LogP contribution in [0.4, 0.5) is 11.4 Å². The second-order valence-corrected chi connectivity index (χ2v) is 9.00. The normalized spacial score (nSPS) is 14.1. The van der Waals surface area contributed by atoms with E-state index in [2.05, 4.69) is 14.7 Å². The minimum absolute atomic E-state index is 0.0748. The van der Waals surface area contributed by atoms with Crippen LogP contribution in [-0.4, -0.2) is 24.5 Å². The first-order chi connectivity index (χ1) is 13.9. The Hall–Kier alpha value is -3.02. The number of nitrogens with zero attached hydrogens (tertiary/aromatic N) is 4. The summed E-state index contributed by atoms with van der Waals surface area (Å²) in [6.07, 6.45) is 3.15. The van der Waals surface area contributed by atoms with Crippen molar-refractivity contribution in [3.63, 3.8) is 0 Å². The number of nitrogens with two attached hydrogens (primary N) is 1. The van der Waals surface area contributed by atoms with Crippen LogP contribution in [0.2, 0.25) is 5.15 Å². The van der Waals surface area contributed by atoms with Crippen LogP contribution in [0.1, 0.15) is 0 Å². The highest BCUT2D eigenvalue weighted by Gasteiger charge is 2.25. The maximum atomic E-state index is 12.8. The molecule has 0 amide bonds. The molecule has 0 spiro atoms. The predicted octanol–water partition coefficient (Wildman–Crippen LogP) is 1.56.